The van der Waals surface area contributed by atoms with E-state index in [1.165, 1.54) is 4.88 Å². The fourth-order valence-electron chi connectivity index (χ4n) is 2.01. The van der Waals surface area contributed by atoms with Crippen molar-refractivity contribution in [3.05, 3.63) is 22.4 Å². The molecule has 1 fully saturated rings. The number of hydrogen-bond donors (Lipinski definition) is 0. The Bertz CT molecular complexity index is 386. The van der Waals surface area contributed by atoms with Gasteiger partial charge in [0.25, 0.3) is 0 Å². The fourth-order valence-corrected chi connectivity index (χ4v) is 2.91. The topological polar surface area (TPSA) is 29.5 Å². The Labute approximate surface area is 113 Å². The third kappa shape index (κ3) is 3.33. The molecular formula is C14H21NO2S. The summed E-state index contributed by atoms with van der Waals surface area (Å²) in [5.74, 6) is 0.492. The predicted octanol–water partition coefficient (Wildman–Crippen LogP) is 3.43. The third-order valence-electron chi connectivity index (χ3n) is 3.22. The van der Waals surface area contributed by atoms with Crippen LogP contribution in [0.3, 0.4) is 0 Å². The van der Waals surface area contributed by atoms with Crippen LogP contribution in [-0.4, -0.2) is 24.1 Å². The molecule has 0 amide bonds. The largest absolute Gasteiger partial charge is 0.367 e. The molecule has 0 aromatic carbocycles. The number of carbonyl (C=O) groups excluding carboxylic acids is 1. The van der Waals surface area contributed by atoms with Gasteiger partial charge >= 0.3 is 5.97 Å². The van der Waals surface area contributed by atoms with Crippen LogP contribution in [0.4, 0.5) is 0 Å². The van der Waals surface area contributed by atoms with E-state index in [0.29, 0.717) is 5.92 Å². The van der Waals surface area contributed by atoms with Gasteiger partial charge in [0.15, 0.2) is 0 Å². The number of hydrogen-bond acceptors (Lipinski definition) is 4. The van der Waals surface area contributed by atoms with Crippen molar-refractivity contribution in [2.45, 2.75) is 39.5 Å². The number of piperidine rings is 1. The highest BCUT2D eigenvalue weighted by molar-refractivity contribution is 7.10. The van der Waals surface area contributed by atoms with Gasteiger partial charge < -0.3 is 4.84 Å². The molecular weight excluding hydrogens is 246 g/mol. The van der Waals surface area contributed by atoms with Gasteiger partial charge in [0.05, 0.1) is 5.41 Å². The Balaban J connectivity index is 1.82. The summed E-state index contributed by atoms with van der Waals surface area (Å²) in [6.45, 7) is 7.32. The maximum Gasteiger partial charge on any atom is 0.330 e. The number of rotatable bonds is 2. The quantitative estimate of drug-likeness (QED) is 0.822. The summed E-state index contributed by atoms with van der Waals surface area (Å²) in [6.07, 6.45) is 2.13. The van der Waals surface area contributed by atoms with Crippen molar-refractivity contribution < 1.29 is 9.63 Å². The number of nitrogens with zero attached hydrogens (tertiary/aromatic N) is 1. The molecule has 1 aliphatic rings. The second-order valence-electron chi connectivity index (χ2n) is 5.85. The van der Waals surface area contributed by atoms with Crippen molar-refractivity contribution in [2.24, 2.45) is 5.41 Å². The highest BCUT2D eigenvalue weighted by atomic mass is 32.1. The van der Waals surface area contributed by atoms with E-state index in [2.05, 4.69) is 17.5 Å². The van der Waals surface area contributed by atoms with Gasteiger partial charge in [-0.05, 0) is 51.0 Å². The highest BCUT2D eigenvalue weighted by Gasteiger charge is 2.28. The lowest BCUT2D eigenvalue weighted by atomic mass is 9.96. The molecule has 0 saturated carbocycles. The van der Waals surface area contributed by atoms with Gasteiger partial charge in [-0.25, -0.2) is 4.79 Å². The lowest BCUT2D eigenvalue weighted by Gasteiger charge is -2.31. The molecule has 18 heavy (non-hydrogen) atoms. The minimum absolute atomic E-state index is 0.142. The minimum atomic E-state index is -0.426. The molecule has 2 rings (SSSR count). The molecule has 0 radical (unpaired) electrons. The maximum atomic E-state index is 11.8. The maximum absolute atomic E-state index is 11.8. The lowest BCUT2D eigenvalue weighted by molar-refractivity contribution is -0.204. The third-order valence-corrected chi connectivity index (χ3v) is 4.26. The van der Waals surface area contributed by atoms with E-state index in [-0.39, 0.29) is 5.97 Å². The van der Waals surface area contributed by atoms with Crippen LogP contribution in [0, 0.1) is 5.41 Å². The Morgan fingerprint density at radius 2 is 2.06 bits per heavy atom. The van der Waals surface area contributed by atoms with Crippen LogP contribution in [0.1, 0.15) is 44.4 Å². The molecule has 0 atom stereocenters. The average molecular weight is 267 g/mol. The van der Waals surface area contributed by atoms with Crippen LogP contribution in [0.5, 0.6) is 0 Å². The number of hydroxylamine groups is 2. The first kappa shape index (κ1) is 13.6. The molecule has 0 bridgehead atoms. The number of carbonyl (C=O) groups is 1. The van der Waals surface area contributed by atoms with E-state index in [9.17, 15) is 4.79 Å². The van der Waals surface area contributed by atoms with Crippen LogP contribution >= 0.6 is 11.3 Å². The molecule has 0 unspecified atom stereocenters. The van der Waals surface area contributed by atoms with Gasteiger partial charge in [-0.3, -0.25) is 0 Å². The molecule has 100 valence electrons. The van der Waals surface area contributed by atoms with Gasteiger partial charge in [0.1, 0.15) is 0 Å². The van der Waals surface area contributed by atoms with Crippen molar-refractivity contribution >= 4 is 17.3 Å². The first-order valence-corrected chi connectivity index (χ1v) is 7.35. The van der Waals surface area contributed by atoms with Gasteiger partial charge in [-0.15, -0.1) is 16.4 Å². The summed E-state index contributed by atoms with van der Waals surface area (Å²) in [4.78, 5) is 18.7. The molecule has 1 aromatic heterocycles. The van der Waals surface area contributed by atoms with Crippen LogP contribution in [0.15, 0.2) is 17.5 Å². The van der Waals surface area contributed by atoms with Gasteiger partial charge in [0.2, 0.25) is 0 Å². The monoisotopic (exact) mass is 267 g/mol. The van der Waals surface area contributed by atoms with E-state index in [4.69, 9.17) is 4.84 Å². The molecule has 4 heteroatoms. The second-order valence-corrected chi connectivity index (χ2v) is 6.83. The molecule has 1 aliphatic heterocycles. The van der Waals surface area contributed by atoms with Crippen molar-refractivity contribution in [3.63, 3.8) is 0 Å². The second kappa shape index (κ2) is 5.41. The first-order chi connectivity index (χ1) is 8.47. The molecule has 0 aliphatic carbocycles. The van der Waals surface area contributed by atoms with Gasteiger partial charge in [-0.2, -0.15) is 0 Å². The van der Waals surface area contributed by atoms with E-state index in [1.54, 1.807) is 0 Å². The number of thiophene rings is 1. The molecule has 1 saturated heterocycles. The molecule has 0 N–H and O–H groups in total. The van der Waals surface area contributed by atoms with Gasteiger partial charge in [-0.1, -0.05) is 6.07 Å². The van der Waals surface area contributed by atoms with Crippen LogP contribution in [0.25, 0.3) is 0 Å². The fraction of sp³-hybridized carbons (Fsp3) is 0.643. The van der Waals surface area contributed by atoms with Crippen molar-refractivity contribution in [1.29, 1.82) is 0 Å². The van der Waals surface area contributed by atoms with E-state index < -0.39 is 5.41 Å². The zero-order chi connectivity index (χ0) is 13.2. The first-order valence-electron chi connectivity index (χ1n) is 6.47. The zero-order valence-corrected chi connectivity index (χ0v) is 12.1. The molecule has 0 spiro atoms. The summed E-state index contributed by atoms with van der Waals surface area (Å²) < 4.78 is 0. The minimum Gasteiger partial charge on any atom is -0.367 e. The Hall–Kier alpha value is -0.870. The predicted molar refractivity (Wildman–Crippen MR) is 73.4 cm³/mol. The van der Waals surface area contributed by atoms with Crippen LogP contribution < -0.4 is 0 Å². The van der Waals surface area contributed by atoms with Crippen LogP contribution in [0.2, 0.25) is 0 Å². The summed E-state index contributed by atoms with van der Waals surface area (Å²) in [5.41, 5.74) is -0.426. The Morgan fingerprint density at radius 3 is 2.56 bits per heavy atom. The zero-order valence-electron chi connectivity index (χ0n) is 11.3. The summed E-state index contributed by atoms with van der Waals surface area (Å²) in [6, 6.07) is 4.30. The summed E-state index contributed by atoms with van der Waals surface area (Å²) in [7, 11) is 0. The highest BCUT2D eigenvalue weighted by Crippen LogP contribution is 2.31. The lowest BCUT2D eigenvalue weighted by Crippen LogP contribution is -2.38. The van der Waals surface area contributed by atoms with Gasteiger partial charge in [0, 0.05) is 18.0 Å². The van der Waals surface area contributed by atoms with E-state index in [0.717, 1.165) is 25.9 Å². The molecule has 2 heterocycles. The smallest absolute Gasteiger partial charge is 0.330 e. The van der Waals surface area contributed by atoms with Crippen molar-refractivity contribution in [2.75, 3.05) is 13.1 Å². The Morgan fingerprint density at radius 1 is 1.39 bits per heavy atom. The SMILES string of the molecule is CC(C)(C)C(=O)ON1CCC(c2cccs2)CC1. The summed E-state index contributed by atoms with van der Waals surface area (Å²) >= 11 is 1.82. The molecule has 3 nitrogen and oxygen atoms in total. The molecule has 1 aromatic rings. The normalized spacial score (nSPS) is 18.8. The van der Waals surface area contributed by atoms with E-state index >= 15 is 0 Å². The van der Waals surface area contributed by atoms with Crippen molar-refractivity contribution in [1.82, 2.24) is 5.06 Å². The van der Waals surface area contributed by atoms with Crippen LogP contribution in [-0.2, 0) is 9.63 Å². The summed E-state index contributed by atoms with van der Waals surface area (Å²) in [5, 5.41) is 3.94. The average Bonchev–Trinajstić information content (AvgIpc) is 2.82. The standard InChI is InChI=1S/C14H21NO2S/c1-14(2,3)13(16)17-15-8-6-11(7-9-15)12-5-4-10-18-12/h4-5,10-11H,6-9H2,1-3H3. The van der Waals surface area contributed by atoms with Crippen molar-refractivity contribution in [3.8, 4) is 0 Å². The Kier molecular flexibility index (Phi) is 4.07. The van der Waals surface area contributed by atoms with E-state index in [1.807, 2.05) is 37.2 Å².